The predicted molar refractivity (Wildman–Crippen MR) is 93.5 cm³/mol. The normalized spacial score (nSPS) is 16.6. The van der Waals surface area contributed by atoms with Crippen LogP contribution in [0.25, 0.3) is 0 Å². The van der Waals surface area contributed by atoms with E-state index in [2.05, 4.69) is 5.32 Å². The first-order valence-electron chi connectivity index (χ1n) is 7.54. The highest BCUT2D eigenvalue weighted by Gasteiger charge is 2.28. The summed E-state index contributed by atoms with van der Waals surface area (Å²) in [7, 11) is -4.07. The lowest BCUT2D eigenvalue weighted by Gasteiger charge is -2.25. The van der Waals surface area contributed by atoms with Gasteiger partial charge in [0.2, 0.25) is 0 Å². The van der Waals surface area contributed by atoms with E-state index in [9.17, 15) is 18.0 Å². The molecule has 0 fully saturated rings. The third-order valence-electron chi connectivity index (χ3n) is 3.63. The van der Waals surface area contributed by atoms with Crippen LogP contribution in [0.3, 0.4) is 0 Å². The van der Waals surface area contributed by atoms with Gasteiger partial charge in [-0.2, -0.15) is 0 Å². The Labute approximate surface area is 149 Å². The monoisotopic (exact) mass is 380 g/mol. The number of anilines is 1. The van der Waals surface area contributed by atoms with E-state index in [1.807, 2.05) is 18.6 Å². The fourth-order valence-corrected chi connectivity index (χ4v) is 4.20. The number of sulfonamides is 1. The van der Waals surface area contributed by atoms with Crippen molar-refractivity contribution in [2.75, 3.05) is 5.32 Å². The molecule has 132 valence electrons. The van der Waals surface area contributed by atoms with Crippen LogP contribution in [0, 0.1) is 6.92 Å². The lowest BCUT2D eigenvalue weighted by molar-refractivity contribution is -0.123. The Balaban J connectivity index is 1.85. The molecule has 3 rings (SSSR count). The molecular formula is C16H16N2O5S2. The number of aryl methyl sites for hydroxylation is 1. The van der Waals surface area contributed by atoms with E-state index in [1.165, 1.54) is 29.5 Å². The highest BCUT2D eigenvalue weighted by Crippen LogP contribution is 2.32. The molecule has 2 heterocycles. The third kappa shape index (κ3) is 3.52. The van der Waals surface area contributed by atoms with Gasteiger partial charge in [0.15, 0.2) is 6.10 Å². The molecule has 7 nitrogen and oxygen atoms in total. The minimum atomic E-state index is -4.07. The van der Waals surface area contributed by atoms with Crippen LogP contribution in [0.4, 0.5) is 5.69 Å². The van der Waals surface area contributed by atoms with E-state index < -0.39 is 22.0 Å². The van der Waals surface area contributed by atoms with E-state index in [-0.39, 0.29) is 16.5 Å². The number of rotatable bonds is 4. The first-order chi connectivity index (χ1) is 11.8. The third-order valence-corrected chi connectivity index (χ3v) is 6.01. The maximum atomic E-state index is 12.4. The van der Waals surface area contributed by atoms with E-state index in [1.54, 1.807) is 11.4 Å². The van der Waals surface area contributed by atoms with Crippen molar-refractivity contribution in [3.8, 4) is 5.75 Å². The number of carbonyl (C=O) groups excluding carboxylic acids is 2. The second-order valence-corrected chi connectivity index (χ2v) is 8.18. The molecule has 1 aromatic heterocycles. The number of fused-ring (bicyclic) bond motifs is 1. The fourth-order valence-electron chi connectivity index (χ4n) is 2.35. The van der Waals surface area contributed by atoms with Gasteiger partial charge in [-0.25, -0.2) is 13.1 Å². The minimum Gasteiger partial charge on any atom is -0.478 e. The zero-order valence-corrected chi connectivity index (χ0v) is 15.2. The summed E-state index contributed by atoms with van der Waals surface area (Å²) in [5, 5.41) is 4.38. The molecule has 1 aromatic carbocycles. The molecule has 25 heavy (non-hydrogen) atoms. The number of amides is 2. The van der Waals surface area contributed by atoms with Gasteiger partial charge in [-0.3, -0.25) is 9.59 Å². The molecule has 2 N–H and O–H groups in total. The Bertz CT molecular complexity index is 949. The van der Waals surface area contributed by atoms with Crippen LogP contribution in [0.2, 0.25) is 0 Å². The Morgan fingerprint density at radius 2 is 2.12 bits per heavy atom. The van der Waals surface area contributed by atoms with Crippen molar-refractivity contribution < 1.29 is 22.7 Å². The number of carbonyl (C=O) groups is 2. The SMILES string of the molecule is CC[C@@H]1Oc2ccc(S(=O)(=O)NC(=O)c3cc(C)cs3)cc2NC1=O. The van der Waals surface area contributed by atoms with Gasteiger partial charge in [0.1, 0.15) is 5.75 Å². The number of thiophene rings is 1. The van der Waals surface area contributed by atoms with Crippen LogP contribution in [-0.4, -0.2) is 26.3 Å². The summed E-state index contributed by atoms with van der Waals surface area (Å²) in [6, 6.07) is 5.68. The molecule has 1 aliphatic heterocycles. The van der Waals surface area contributed by atoms with Crippen LogP contribution in [0.5, 0.6) is 5.75 Å². The van der Waals surface area contributed by atoms with Crippen LogP contribution < -0.4 is 14.8 Å². The van der Waals surface area contributed by atoms with Crippen LogP contribution in [0.15, 0.2) is 34.5 Å². The predicted octanol–water partition coefficient (Wildman–Crippen LogP) is 2.28. The molecule has 0 aliphatic carbocycles. The molecule has 9 heteroatoms. The van der Waals surface area contributed by atoms with Gasteiger partial charge in [0.25, 0.3) is 21.8 Å². The van der Waals surface area contributed by atoms with Crippen molar-refractivity contribution in [3.05, 3.63) is 40.1 Å². The number of benzene rings is 1. The maximum Gasteiger partial charge on any atom is 0.275 e. The molecule has 2 aromatic rings. The topological polar surface area (TPSA) is 102 Å². The summed E-state index contributed by atoms with van der Waals surface area (Å²) >= 11 is 1.17. The number of hydrogen-bond acceptors (Lipinski definition) is 6. The van der Waals surface area contributed by atoms with Crippen molar-refractivity contribution in [2.45, 2.75) is 31.3 Å². The lowest BCUT2D eigenvalue weighted by Crippen LogP contribution is -2.36. The van der Waals surface area contributed by atoms with E-state index in [0.717, 1.165) is 5.56 Å². The van der Waals surface area contributed by atoms with Gasteiger partial charge >= 0.3 is 0 Å². The van der Waals surface area contributed by atoms with Gasteiger partial charge in [0.05, 0.1) is 15.5 Å². The van der Waals surface area contributed by atoms with Gasteiger partial charge in [-0.15, -0.1) is 11.3 Å². The van der Waals surface area contributed by atoms with Crippen molar-refractivity contribution in [1.29, 1.82) is 0 Å². The summed E-state index contributed by atoms with van der Waals surface area (Å²) < 4.78 is 32.4. The molecule has 0 saturated heterocycles. The highest BCUT2D eigenvalue weighted by atomic mass is 32.2. The van der Waals surface area contributed by atoms with Gasteiger partial charge < -0.3 is 10.1 Å². The zero-order valence-electron chi connectivity index (χ0n) is 13.5. The smallest absolute Gasteiger partial charge is 0.275 e. The van der Waals surface area contributed by atoms with Gasteiger partial charge in [0, 0.05) is 0 Å². The van der Waals surface area contributed by atoms with Crippen molar-refractivity contribution >= 4 is 38.9 Å². The summed E-state index contributed by atoms with van der Waals surface area (Å²) in [6.07, 6.45) is -0.0987. The standard InChI is InChI=1S/C16H16N2O5S2/c1-3-12-15(19)17-11-7-10(4-5-13(11)23-12)25(21,22)18-16(20)14-6-9(2)8-24-14/h4-8,12H,3H2,1-2H3,(H,17,19)(H,18,20)/t12-/m0/s1. The van der Waals surface area contributed by atoms with Crippen molar-refractivity contribution in [3.63, 3.8) is 0 Å². The molecule has 0 saturated carbocycles. The average Bonchev–Trinajstić information content (AvgIpc) is 3.00. The highest BCUT2D eigenvalue weighted by molar-refractivity contribution is 7.90. The molecule has 2 amide bonds. The Morgan fingerprint density at radius 1 is 1.36 bits per heavy atom. The number of ether oxygens (including phenoxy) is 1. The fraction of sp³-hybridized carbons (Fsp3) is 0.250. The quantitative estimate of drug-likeness (QED) is 0.847. The van der Waals surface area contributed by atoms with Crippen LogP contribution in [-0.2, 0) is 14.8 Å². The van der Waals surface area contributed by atoms with E-state index in [0.29, 0.717) is 17.0 Å². The van der Waals surface area contributed by atoms with E-state index in [4.69, 9.17) is 4.74 Å². The summed E-state index contributed by atoms with van der Waals surface area (Å²) in [6.45, 7) is 3.63. The summed E-state index contributed by atoms with van der Waals surface area (Å²) in [5.41, 5.74) is 1.14. The number of nitrogens with one attached hydrogen (secondary N) is 2. The molecule has 0 spiro atoms. The minimum absolute atomic E-state index is 0.133. The maximum absolute atomic E-state index is 12.4. The average molecular weight is 380 g/mol. The van der Waals surface area contributed by atoms with Gasteiger partial charge in [-0.05, 0) is 48.6 Å². The van der Waals surface area contributed by atoms with Crippen molar-refractivity contribution in [2.24, 2.45) is 0 Å². The molecule has 0 bridgehead atoms. The lowest BCUT2D eigenvalue weighted by atomic mass is 10.2. The second kappa shape index (κ2) is 6.49. The Kier molecular flexibility index (Phi) is 4.53. The summed E-state index contributed by atoms with van der Waals surface area (Å²) in [4.78, 5) is 24.1. The first kappa shape index (κ1) is 17.4. The first-order valence-corrected chi connectivity index (χ1v) is 9.90. The Hall–Kier alpha value is -2.39. The van der Waals surface area contributed by atoms with Crippen molar-refractivity contribution in [1.82, 2.24) is 4.72 Å². The summed E-state index contributed by atoms with van der Waals surface area (Å²) in [5.74, 6) is -0.629. The molecule has 1 atom stereocenters. The molecular weight excluding hydrogens is 364 g/mol. The Morgan fingerprint density at radius 3 is 2.76 bits per heavy atom. The largest absolute Gasteiger partial charge is 0.478 e. The molecule has 0 unspecified atom stereocenters. The van der Waals surface area contributed by atoms with E-state index >= 15 is 0 Å². The number of hydrogen-bond donors (Lipinski definition) is 2. The van der Waals surface area contributed by atoms with Crippen LogP contribution >= 0.6 is 11.3 Å². The molecule has 1 aliphatic rings. The zero-order chi connectivity index (χ0) is 18.2. The van der Waals surface area contributed by atoms with Gasteiger partial charge in [-0.1, -0.05) is 6.92 Å². The molecule has 0 radical (unpaired) electrons. The van der Waals surface area contributed by atoms with Crippen LogP contribution in [0.1, 0.15) is 28.6 Å². The second-order valence-electron chi connectivity index (χ2n) is 5.58.